The molecule has 1 aliphatic heterocycles. The van der Waals surface area contributed by atoms with Crippen molar-refractivity contribution in [2.75, 3.05) is 5.32 Å². The Bertz CT molecular complexity index is 296. The van der Waals surface area contributed by atoms with Crippen LogP contribution in [0.4, 0.5) is 5.69 Å². The summed E-state index contributed by atoms with van der Waals surface area (Å²) in [5, 5.41) is 12.4. The van der Waals surface area contributed by atoms with Gasteiger partial charge in [-0.05, 0) is 31.4 Å². The Morgan fingerprint density at radius 1 is 1.50 bits per heavy atom. The molecule has 0 aromatic heterocycles. The lowest BCUT2D eigenvalue weighted by atomic mass is 10.0. The Balaban J connectivity index is 2.37. The lowest BCUT2D eigenvalue weighted by Gasteiger charge is -2.23. The van der Waals surface area contributed by atoms with E-state index in [1.165, 1.54) is 11.1 Å². The third kappa shape index (κ3) is 1.30. The van der Waals surface area contributed by atoms with Crippen molar-refractivity contribution < 1.29 is 5.11 Å². The summed E-state index contributed by atoms with van der Waals surface area (Å²) in [7, 11) is 0. The molecule has 2 N–H and O–H groups in total. The van der Waals surface area contributed by atoms with Crippen LogP contribution in [-0.2, 0) is 6.42 Å². The zero-order valence-corrected chi connectivity index (χ0v) is 7.17. The van der Waals surface area contributed by atoms with Crippen molar-refractivity contribution in [3.8, 4) is 0 Å². The second kappa shape index (κ2) is 2.79. The van der Waals surface area contributed by atoms with Gasteiger partial charge in [0.1, 0.15) is 6.23 Å². The SMILES string of the molecule is Cc1ccc2c(c1)CCC(O)N2. The van der Waals surface area contributed by atoms with E-state index in [9.17, 15) is 5.11 Å². The van der Waals surface area contributed by atoms with Crippen LogP contribution in [0.3, 0.4) is 0 Å². The zero-order valence-electron chi connectivity index (χ0n) is 7.17. The number of hydrogen-bond acceptors (Lipinski definition) is 2. The van der Waals surface area contributed by atoms with Gasteiger partial charge in [0.2, 0.25) is 0 Å². The van der Waals surface area contributed by atoms with Crippen molar-refractivity contribution in [3.63, 3.8) is 0 Å². The summed E-state index contributed by atoms with van der Waals surface area (Å²) < 4.78 is 0. The number of aliphatic hydroxyl groups is 1. The van der Waals surface area contributed by atoms with Crippen LogP contribution < -0.4 is 5.32 Å². The summed E-state index contributed by atoms with van der Waals surface area (Å²) in [6.07, 6.45) is 1.43. The summed E-state index contributed by atoms with van der Waals surface area (Å²) in [5.41, 5.74) is 3.69. The molecule has 2 heteroatoms. The van der Waals surface area contributed by atoms with Gasteiger partial charge in [-0.2, -0.15) is 0 Å². The van der Waals surface area contributed by atoms with Crippen LogP contribution >= 0.6 is 0 Å². The number of hydrogen-bond donors (Lipinski definition) is 2. The molecule has 1 aromatic rings. The predicted octanol–water partition coefficient (Wildman–Crippen LogP) is 1.67. The maximum atomic E-state index is 9.31. The van der Waals surface area contributed by atoms with Gasteiger partial charge in [0, 0.05) is 5.69 Å². The van der Waals surface area contributed by atoms with Gasteiger partial charge < -0.3 is 10.4 Å². The largest absolute Gasteiger partial charge is 0.374 e. The number of anilines is 1. The Morgan fingerprint density at radius 3 is 3.17 bits per heavy atom. The molecule has 0 saturated heterocycles. The van der Waals surface area contributed by atoms with E-state index >= 15 is 0 Å². The highest BCUT2D eigenvalue weighted by molar-refractivity contribution is 5.54. The first-order valence-corrected chi connectivity index (χ1v) is 4.30. The molecule has 0 spiro atoms. The molecule has 0 bridgehead atoms. The summed E-state index contributed by atoms with van der Waals surface area (Å²) >= 11 is 0. The van der Waals surface area contributed by atoms with Gasteiger partial charge in [-0.3, -0.25) is 0 Å². The van der Waals surface area contributed by atoms with Crippen molar-refractivity contribution >= 4 is 5.69 Å². The van der Waals surface area contributed by atoms with Gasteiger partial charge in [-0.15, -0.1) is 0 Å². The minimum absolute atomic E-state index is 0.361. The molecule has 12 heavy (non-hydrogen) atoms. The summed E-state index contributed by atoms with van der Waals surface area (Å²) in [6.45, 7) is 2.09. The van der Waals surface area contributed by atoms with Crippen molar-refractivity contribution in [2.45, 2.75) is 26.0 Å². The van der Waals surface area contributed by atoms with Crippen LogP contribution in [0, 0.1) is 6.92 Å². The molecule has 2 nitrogen and oxygen atoms in total. The van der Waals surface area contributed by atoms with Crippen molar-refractivity contribution in [2.24, 2.45) is 0 Å². The van der Waals surface area contributed by atoms with Crippen LogP contribution in [0.5, 0.6) is 0 Å². The predicted molar refractivity (Wildman–Crippen MR) is 49.1 cm³/mol. The van der Waals surface area contributed by atoms with E-state index in [0.717, 1.165) is 18.5 Å². The van der Waals surface area contributed by atoms with Crippen LogP contribution in [0.2, 0.25) is 0 Å². The first-order valence-electron chi connectivity index (χ1n) is 4.30. The average molecular weight is 163 g/mol. The lowest BCUT2D eigenvalue weighted by Crippen LogP contribution is -2.24. The van der Waals surface area contributed by atoms with Gasteiger partial charge in [0.05, 0.1) is 0 Å². The first kappa shape index (κ1) is 7.62. The highest BCUT2D eigenvalue weighted by atomic mass is 16.3. The molecular weight excluding hydrogens is 150 g/mol. The molecule has 1 unspecified atom stereocenters. The molecular formula is C10H13NO. The van der Waals surface area contributed by atoms with Crippen LogP contribution in [0.1, 0.15) is 17.5 Å². The van der Waals surface area contributed by atoms with Crippen molar-refractivity contribution in [3.05, 3.63) is 29.3 Å². The fourth-order valence-electron chi connectivity index (χ4n) is 1.61. The highest BCUT2D eigenvalue weighted by Crippen LogP contribution is 2.24. The van der Waals surface area contributed by atoms with Gasteiger partial charge in [-0.1, -0.05) is 17.7 Å². The van der Waals surface area contributed by atoms with Crippen LogP contribution in [-0.4, -0.2) is 11.3 Å². The molecule has 0 amide bonds. The maximum absolute atomic E-state index is 9.31. The summed E-state index contributed by atoms with van der Waals surface area (Å²) in [4.78, 5) is 0. The molecule has 2 rings (SSSR count). The smallest absolute Gasteiger partial charge is 0.124 e. The normalized spacial score (nSPS) is 21.3. The Morgan fingerprint density at radius 2 is 2.33 bits per heavy atom. The van der Waals surface area contributed by atoms with Crippen LogP contribution in [0.25, 0.3) is 0 Å². The molecule has 1 heterocycles. The molecule has 1 aliphatic rings. The molecule has 0 aliphatic carbocycles. The van der Waals surface area contributed by atoms with Gasteiger partial charge in [-0.25, -0.2) is 0 Å². The number of rotatable bonds is 0. The second-order valence-corrected chi connectivity index (χ2v) is 3.36. The van der Waals surface area contributed by atoms with E-state index in [1.54, 1.807) is 0 Å². The second-order valence-electron chi connectivity index (χ2n) is 3.36. The Labute approximate surface area is 72.2 Å². The van der Waals surface area contributed by atoms with E-state index < -0.39 is 0 Å². The minimum Gasteiger partial charge on any atom is -0.374 e. The van der Waals surface area contributed by atoms with Crippen LogP contribution in [0.15, 0.2) is 18.2 Å². The standard InChI is InChI=1S/C10H13NO/c1-7-2-4-9-8(6-7)3-5-10(12)11-9/h2,4,6,10-12H,3,5H2,1H3. The molecule has 1 atom stereocenters. The first-order chi connectivity index (χ1) is 5.75. The number of nitrogens with one attached hydrogen (secondary N) is 1. The quantitative estimate of drug-likeness (QED) is 0.609. The molecule has 0 radical (unpaired) electrons. The monoisotopic (exact) mass is 163 g/mol. The molecule has 0 saturated carbocycles. The van der Waals surface area contributed by atoms with E-state index in [4.69, 9.17) is 0 Å². The number of aryl methyl sites for hydroxylation is 2. The van der Waals surface area contributed by atoms with Crippen molar-refractivity contribution in [1.29, 1.82) is 0 Å². The number of fused-ring (bicyclic) bond motifs is 1. The van der Waals surface area contributed by atoms with Gasteiger partial charge >= 0.3 is 0 Å². The van der Waals surface area contributed by atoms with Crippen molar-refractivity contribution in [1.82, 2.24) is 0 Å². The fourth-order valence-corrected chi connectivity index (χ4v) is 1.61. The highest BCUT2D eigenvalue weighted by Gasteiger charge is 2.14. The average Bonchev–Trinajstić information content (AvgIpc) is 2.05. The maximum Gasteiger partial charge on any atom is 0.124 e. The lowest BCUT2D eigenvalue weighted by molar-refractivity contribution is 0.189. The Hall–Kier alpha value is -1.02. The summed E-state index contributed by atoms with van der Waals surface area (Å²) in [5.74, 6) is 0. The Kier molecular flexibility index (Phi) is 1.77. The van der Waals surface area contributed by atoms with E-state index in [-0.39, 0.29) is 6.23 Å². The minimum atomic E-state index is -0.361. The third-order valence-electron chi connectivity index (χ3n) is 2.27. The van der Waals surface area contributed by atoms with E-state index in [2.05, 4.69) is 24.4 Å². The molecule has 1 aromatic carbocycles. The number of aliphatic hydroxyl groups excluding tert-OH is 1. The topological polar surface area (TPSA) is 32.3 Å². The molecule has 0 fully saturated rings. The fraction of sp³-hybridized carbons (Fsp3) is 0.400. The van der Waals surface area contributed by atoms with E-state index in [0.29, 0.717) is 0 Å². The van der Waals surface area contributed by atoms with Gasteiger partial charge in [0.25, 0.3) is 0 Å². The third-order valence-corrected chi connectivity index (χ3v) is 2.27. The van der Waals surface area contributed by atoms with Gasteiger partial charge in [0.15, 0.2) is 0 Å². The zero-order chi connectivity index (χ0) is 8.55. The number of benzene rings is 1. The molecule has 64 valence electrons. The summed E-state index contributed by atoms with van der Waals surface area (Å²) in [6, 6.07) is 6.27. The van der Waals surface area contributed by atoms with E-state index in [1.807, 2.05) is 6.07 Å².